The van der Waals surface area contributed by atoms with Gasteiger partial charge in [0.2, 0.25) is 0 Å². The van der Waals surface area contributed by atoms with Gasteiger partial charge in [-0.2, -0.15) is 0 Å². The van der Waals surface area contributed by atoms with Crippen molar-refractivity contribution in [3.63, 3.8) is 0 Å². The van der Waals surface area contributed by atoms with E-state index in [0.29, 0.717) is 6.61 Å². The number of para-hydroxylation sites is 1. The van der Waals surface area contributed by atoms with E-state index in [-0.39, 0.29) is 4.75 Å². The van der Waals surface area contributed by atoms with Crippen LogP contribution < -0.4 is 10.1 Å². The van der Waals surface area contributed by atoms with E-state index >= 15 is 0 Å². The molecule has 1 N–H and O–H groups in total. The molecule has 0 atom stereocenters. The topological polar surface area (TPSA) is 21.3 Å². The first-order valence-corrected chi connectivity index (χ1v) is 6.13. The quantitative estimate of drug-likeness (QED) is 0.830. The normalized spacial score (nSPS) is 17.8. The van der Waals surface area contributed by atoms with Gasteiger partial charge in [0, 0.05) is 16.2 Å². The molecule has 15 heavy (non-hydrogen) atoms. The SMILES string of the molecule is CCOc1cccc2c1NCC(C)(C)S2. The monoisotopic (exact) mass is 223 g/mol. The Morgan fingerprint density at radius 1 is 1.47 bits per heavy atom. The van der Waals surface area contributed by atoms with Crippen molar-refractivity contribution in [3.8, 4) is 5.75 Å². The molecule has 1 aromatic rings. The average molecular weight is 223 g/mol. The van der Waals surface area contributed by atoms with Gasteiger partial charge in [0.25, 0.3) is 0 Å². The smallest absolute Gasteiger partial charge is 0.143 e. The van der Waals surface area contributed by atoms with E-state index in [1.807, 2.05) is 24.8 Å². The molecule has 0 saturated carbocycles. The summed E-state index contributed by atoms with van der Waals surface area (Å²) in [5.74, 6) is 0.970. The second-order valence-corrected chi connectivity index (χ2v) is 6.03. The fraction of sp³-hybridized carbons (Fsp3) is 0.500. The van der Waals surface area contributed by atoms with Crippen LogP contribution in [-0.4, -0.2) is 17.9 Å². The van der Waals surface area contributed by atoms with Crippen molar-refractivity contribution in [1.82, 2.24) is 0 Å². The van der Waals surface area contributed by atoms with Crippen LogP contribution in [0.25, 0.3) is 0 Å². The maximum atomic E-state index is 5.60. The van der Waals surface area contributed by atoms with Gasteiger partial charge in [0.1, 0.15) is 5.75 Å². The molecule has 0 radical (unpaired) electrons. The molecule has 1 aliphatic rings. The Bertz CT molecular complexity index is 363. The van der Waals surface area contributed by atoms with Crippen LogP contribution in [0.1, 0.15) is 20.8 Å². The molecule has 82 valence electrons. The molecule has 0 amide bonds. The summed E-state index contributed by atoms with van der Waals surface area (Å²) >= 11 is 1.91. The van der Waals surface area contributed by atoms with Crippen molar-refractivity contribution < 1.29 is 4.74 Å². The molecule has 0 fully saturated rings. The summed E-state index contributed by atoms with van der Waals surface area (Å²) in [5.41, 5.74) is 1.16. The molecule has 2 nitrogen and oxygen atoms in total. The summed E-state index contributed by atoms with van der Waals surface area (Å²) in [7, 11) is 0. The highest BCUT2D eigenvalue weighted by Crippen LogP contribution is 2.45. The lowest BCUT2D eigenvalue weighted by Crippen LogP contribution is -2.30. The van der Waals surface area contributed by atoms with Gasteiger partial charge in [-0.25, -0.2) is 0 Å². The second kappa shape index (κ2) is 3.97. The number of anilines is 1. The third-order valence-electron chi connectivity index (χ3n) is 2.36. The third-order valence-corrected chi connectivity index (χ3v) is 3.62. The molecule has 0 aromatic heterocycles. The van der Waals surface area contributed by atoms with Crippen molar-refractivity contribution in [2.75, 3.05) is 18.5 Å². The number of nitrogens with one attached hydrogen (secondary N) is 1. The van der Waals surface area contributed by atoms with Crippen molar-refractivity contribution >= 4 is 17.4 Å². The minimum atomic E-state index is 0.262. The Morgan fingerprint density at radius 3 is 3.00 bits per heavy atom. The average Bonchev–Trinajstić information content (AvgIpc) is 2.16. The number of benzene rings is 1. The molecule has 0 aliphatic carbocycles. The van der Waals surface area contributed by atoms with Gasteiger partial charge in [-0.05, 0) is 32.9 Å². The van der Waals surface area contributed by atoms with E-state index in [4.69, 9.17) is 4.74 Å². The lowest BCUT2D eigenvalue weighted by atomic mass is 10.2. The molecular formula is C12H17NOS. The largest absolute Gasteiger partial charge is 0.492 e. The molecule has 1 aliphatic heterocycles. The molecule has 3 heteroatoms. The highest BCUT2D eigenvalue weighted by molar-refractivity contribution is 8.00. The van der Waals surface area contributed by atoms with Crippen LogP contribution in [0.4, 0.5) is 5.69 Å². The fourth-order valence-electron chi connectivity index (χ4n) is 1.68. The number of thioether (sulfide) groups is 1. The van der Waals surface area contributed by atoms with E-state index in [9.17, 15) is 0 Å². The lowest BCUT2D eigenvalue weighted by Gasteiger charge is -2.32. The van der Waals surface area contributed by atoms with E-state index < -0.39 is 0 Å². The minimum Gasteiger partial charge on any atom is -0.492 e. The van der Waals surface area contributed by atoms with Crippen molar-refractivity contribution in [2.45, 2.75) is 30.4 Å². The minimum absolute atomic E-state index is 0.262. The Kier molecular flexibility index (Phi) is 2.83. The molecule has 1 aromatic carbocycles. The van der Waals surface area contributed by atoms with Gasteiger partial charge in [0.15, 0.2) is 0 Å². The van der Waals surface area contributed by atoms with E-state index in [2.05, 4.69) is 31.3 Å². The van der Waals surface area contributed by atoms with Crippen molar-refractivity contribution in [3.05, 3.63) is 18.2 Å². The molecule has 0 saturated heterocycles. The highest BCUT2D eigenvalue weighted by Gasteiger charge is 2.27. The molecule has 1 heterocycles. The maximum Gasteiger partial charge on any atom is 0.143 e. The number of rotatable bonds is 2. The van der Waals surface area contributed by atoms with Crippen LogP contribution in [0.2, 0.25) is 0 Å². The zero-order valence-corrected chi connectivity index (χ0v) is 10.3. The van der Waals surface area contributed by atoms with Crippen molar-refractivity contribution in [1.29, 1.82) is 0 Å². The third kappa shape index (κ3) is 2.23. The molecule has 0 spiro atoms. The molecular weight excluding hydrogens is 206 g/mol. The first kappa shape index (κ1) is 10.7. The van der Waals surface area contributed by atoms with Crippen LogP contribution in [0.3, 0.4) is 0 Å². The molecule has 0 unspecified atom stereocenters. The predicted molar refractivity (Wildman–Crippen MR) is 66.0 cm³/mol. The molecule has 0 bridgehead atoms. The summed E-state index contributed by atoms with van der Waals surface area (Å²) in [6, 6.07) is 6.23. The van der Waals surface area contributed by atoms with Gasteiger partial charge in [-0.3, -0.25) is 0 Å². The zero-order valence-electron chi connectivity index (χ0n) is 9.46. The number of fused-ring (bicyclic) bond motifs is 1. The summed E-state index contributed by atoms with van der Waals surface area (Å²) in [6.45, 7) is 8.21. The van der Waals surface area contributed by atoms with Gasteiger partial charge < -0.3 is 10.1 Å². The summed E-state index contributed by atoms with van der Waals surface area (Å²) in [6.07, 6.45) is 0. The van der Waals surface area contributed by atoms with E-state index in [1.54, 1.807) is 0 Å². The van der Waals surface area contributed by atoms with E-state index in [0.717, 1.165) is 18.0 Å². The van der Waals surface area contributed by atoms with Crippen LogP contribution in [0, 0.1) is 0 Å². The number of hydrogen-bond donors (Lipinski definition) is 1. The number of hydrogen-bond acceptors (Lipinski definition) is 3. The predicted octanol–water partition coefficient (Wildman–Crippen LogP) is 3.38. The van der Waals surface area contributed by atoms with Crippen molar-refractivity contribution in [2.24, 2.45) is 0 Å². The summed E-state index contributed by atoms with van der Waals surface area (Å²) in [4.78, 5) is 1.29. The highest BCUT2D eigenvalue weighted by atomic mass is 32.2. The van der Waals surface area contributed by atoms with Crippen LogP contribution >= 0.6 is 11.8 Å². The standard InChI is InChI=1S/C12H17NOS/c1-4-14-9-6-5-7-10-11(9)13-8-12(2,3)15-10/h5-7,13H,4,8H2,1-3H3. The fourth-order valence-corrected chi connectivity index (χ4v) is 2.84. The summed E-state index contributed by atoms with van der Waals surface area (Å²) < 4.78 is 5.86. The van der Waals surface area contributed by atoms with Gasteiger partial charge >= 0.3 is 0 Å². The Labute approximate surface area is 95.4 Å². The summed E-state index contributed by atoms with van der Waals surface area (Å²) in [5, 5.41) is 3.46. The maximum absolute atomic E-state index is 5.60. The Hall–Kier alpha value is -0.830. The second-order valence-electron chi connectivity index (χ2n) is 4.28. The number of ether oxygens (including phenoxy) is 1. The van der Waals surface area contributed by atoms with Gasteiger partial charge in [-0.1, -0.05) is 6.07 Å². The van der Waals surface area contributed by atoms with Crippen LogP contribution in [-0.2, 0) is 0 Å². The van der Waals surface area contributed by atoms with Crippen LogP contribution in [0.5, 0.6) is 5.75 Å². The van der Waals surface area contributed by atoms with E-state index in [1.165, 1.54) is 4.90 Å². The van der Waals surface area contributed by atoms with Crippen LogP contribution in [0.15, 0.2) is 23.1 Å². The van der Waals surface area contributed by atoms with Gasteiger partial charge in [-0.15, -0.1) is 11.8 Å². The first-order valence-electron chi connectivity index (χ1n) is 5.31. The molecule has 2 rings (SSSR count). The first-order chi connectivity index (χ1) is 7.12. The Balaban J connectivity index is 2.33. The zero-order chi connectivity index (χ0) is 10.9. The lowest BCUT2D eigenvalue weighted by molar-refractivity contribution is 0.341. The Morgan fingerprint density at radius 2 is 2.27 bits per heavy atom. The van der Waals surface area contributed by atoms with Gasteiger partial charge in [0.05, 0.1) is 12.3 Å².